The van der Waals surface area contributed by atoms with Crippen molar-refractivity contribution in [3.05, 3.63) is 28.2 Å². The van der Waals surface area contributed by atoms with Gasteiger partial charge in [0, 0.05) is 12.0 Å². The van der Waals surface area contributed by atoms with Gasteiger partial charge in [-0.2, -0.15) is 8.78 Å². The van der Waals surface area contributed by atoms with Crippen molar-refractivity contribution in [1.82, 2.24) is 0 Å². The zero-order valence-electron chi connectivity index (χ0n) is 7.97. The van der Waals surface area contributed by atoms with Gasteiger partial charge >= 0.3 is 6.61 Å². The molecule has 0 saturated carbocycles. The van der Waals surface area contributed by atoms with Crippen LogP contribution in [0.3, 0.4) is 0 Å². The van der Waals surface area contributed by atoms with Gasteiger partial charge in [0.2, 0.25) is 0 Å². The molecule has 0 aliphatic carbocycles. The van der Waals surface area contributed by atoms with Crippen LogP contribution >= 0.6 is 15.9 Å². The molecule has 82 valence electrons. The average Bonchev–Trinajstić information content (AvgIpc) is 2.19. The van der Waals surface area contributed by atoms with E-state index in [1.807, 2.05) is 0 Å². The van der Waals surface area contributed by atoms with E-state index in [0.29, 0.717) is 16.5 Å². The summed E-state index contributed by atoms with van der Waals surface area (Å²) in [5.74, 6) is -0.0167. The monoisotopic (exact) mass is 278 g/mol. The summed E-state index contributed by atoms with van der Waals surface area (Å²) in [7, 11) is 0. The van der Waals surface area contributed by atoms with Crippen LogP contribution in [0.15, 0.2) is 22.7 Å². The number of ketones is 1. The van der Waals surface area contributed by atoms with Crippen molar-refractivity contribution >= 4 is 21.7 Å². The van der Waals surface area contributed by atoms with Gasteiger partial charge in [0.25, 0.3) is 0 Å². The lowest BCUT2D eigenvalue weighted by atomic mass is 10.1. The Balaban J connectivity index is 2.93. The molecule has 0 atom stereocenters. The maximum Gasteiger partial charge on any atom is 0.387 e. The van der Waals surface area contributed by atoms with E-state index in [0.717, 1.165) is 0 Å². The van der Waals surface area contributed by atoms with Crippen LogP contribution in [-0.2, 0) is 0 Å². The molecule has 0 aromatic heterocycles. The summed E-state index contributed by atoms with van der Waals surface area (Å²) < 4.78 is 28.4. The van der Waals surface area contributed by atoms with E-state index in [1.165, 1.54) is 18.2 Å². The number of carbonyl (C=O) groups excluding carboxylic acids is 1. The first kappa shape index (κ1) is 12.1. The van der Waals surface area contributed by atoms with Gasteiger partial charge in [-0.25, -0.2) is 0 Å². The van der Waals surface area contributed by atoms with E-state index in [9.17, 15) is 13.6 Å². The summed E-state index contributed by atoms with van der Waals surface area (Å²) in [5, 5.41) is 0. The molecule has 1 rings (SSSR count). The van der Waals surface area contributed by atoms with E-state index in [4.69, 9.17) is 0 Å². The van der Waals surface area contributed by atoms with Gasteiger partial charge in [-0.1, -0.05) is 6.92 Å². The summed E-state index contributed by atoms with van der Waals surface area (Å²) >= 11 is 3.06. The molecule has 0 bridgehead atoms. The van der Waals surface area contributed by atoms with Crippen molar-refractivity contribution in [2.45, 2.75) is 20.0 Å². The summed E-state index contributed by atoms with van der Waals surface area (Å²) in [4.78, 5) is 11.3. The summed E-state index contributed by atoms with van der Waals surface area (Å²) in [6.07, 6.45) is 0.376. The maximum absolute atomic E-state index is 11.9. The Morgan fingerprint density at radius 1 is 1.53 bits per heavy atom. The van der Waals surface area contributed by atoms with Crippen LogP contribution in [0, 0.1) is 0 Å². The summed E-state index contributed by atoms with van der Waals surface area (Å²) in [6, 6.07) is 4.29. The fraction of sp³-hybridized carbons (Fsp3) is 0.300. The van der Waals surface area contributed by atoms with E-state index >= 15 is 0 Å². The zero-order valence-corrected chi connectivity index (χ0v) is 9.55. The smallest absolute Gasteiger partial charge is 0.387 e. The van der Waals surface area contributed by atoms with Crippen molar-refractivity contribution in [2.24, 2.45) is 0 Å². The zero-order chi connectivity index (χ0) is 11.4. The van der Waals surface area contributed by atoms with Crippen molar-refractivity contribution in [3.8, 4) is 5.75 Å². The number of hydrogen-bond acceptors (Lipinski definition) is 2. The molecule has 0 aliphatic heterocycles. The average molecular weight is 279 g/mol. The highest BCUT2D eigenvalue weighted by Crippen LogP contribution is 2.27. The lowest BCUT2D eigenvalue weighted by Gasteiger charge is -2.07. The molecule has 15 heavy (non-hydrogen) atoms. The van der Waals surface area contributed by atoms with Crippen molar-refractivity contribution in [2.75, 3.05) is 0 Å². The second-order valence-electron chi connectivity index (χ2n) is 2.80. The molecular formula is C10H9BrF2O2. The standard InChI is InChI=1S/C10H9BrF2O2/c1-2-8(14)6-3-4-9(7(11)5-6)15-10(12)13/h3-5,10H,2H2,1H3. The fourth-order valence-corrected chi connectivity index (χ4v) is 1.54. The molecule has 0 radical (unpaired) electrons. The normalized spacial score (nSPS) is 10.5. The van der Waals surface area contributed by atoms with E-state index in [-0.39, 0.29) is 11.5 Å². The predicted octanol–water partition coefficient (Wildman–Crippen LogP) is 3.64. The van der Waals surface area contributed by atoms with E-state index in [1.54, 1.807) is 6.92 Å². The Labute approximate surface area is 94.4 Å². The van der Waals surface area contributed by atoms with Gasteiger partial charge in [0.1, 0.15) is 5.75 Å². The Bertz CT molecular complexity index is 366. The number of Topliss-reactive ketones (excluding diaryl/α,β-unsaturated/α-hetero) is 1. The van der Waals surface area contributed by atoms with Crippen molar-refractivity contribution in [1.29, 1.82) is 0 Å². The molecule has 0 fully saturated rings. The predicted molar refractivity (Wildman–Crippen MR) is 55.4 cm³/mol. The second-order valence-corrected chi connectivity index (χ2v) is 3.65. The SMILES string of the molecule is CCC(=O)c1ccc(OC(F)F)c(Br)c1. The number of halogens is 3. The molecule has 1 aromatic carbocycles. The Hall–Kier alpha value is -0.970. The van der Waals surface area contributed by atoms with Crippen LogP contribution in [0.5, 0.6) is 5.75 Å². The summed E-state index contributed by atoms with van der Waals surface area (Å²) in [5.41, 5.74) is 0.478. The van der Waals surface area contributed by atoms with Crippen LogP contribution in [0.1, 0.15) is 23.7 Å². The second kappa shape index (κ2) is 5.21. The third kappa shape index (κ3) is 3.27. The first-order valence-corrected chi connectivity index (χ1v) is 5.11. The molecule has 0 amide bonds. The third-order valence-electron chi connectivity index (χ3n) is 1.79. The number of rotatable bonds is 4. The van der Waals surface area contributed by atoms with Gasteiger partial charge in [0.05, 0.1) is 4.47 Å². The molecule has 0 spiro atoms. The van der Waals surface area contributed by atoms with Crippen LogP contribution in [0.4, 0.5) is 8.78 Å². The minimum Gasteiger partial charge on any atom is -0.434 e. The van der Waals surface area contributed by atoms with Crippen molar-refractivity contribution < 1.29 is 18.3 Å². The van der Waals surface area contributed by atoms with Crippen LogP contribution < -0.4 is 4.74 Å². The summed E-state index contributed by atoms with van der Waals surface area (Å²) in [6.45, 7) is -1.13. The number of hydrogen-bond donors (Lipinski definition) is 0. The maximum atomic E-state index is 11.9. The molecule has 0 unspecified atom stereocenters. The lowest BCUT2D eigenvalue weighted by molar-refractivity contribution is -0.0503. The number of alkyl halides is 2. The molecule has 1 aromatic rings. The third-order valence-corrected chi connectivity index (χ3v) is 2.41. The molecular weight excluding hydrogens is 270 g/mol. The van der Waals surface area contributed by atoms with E-state index in [2.05, 4.69) is 20.7 Å². The molecule has 0 saturated heterocycles. The number of benzene rings is 1. The minimum absolute atomic E-state index is 0.0256. The van der Waals surface area contributed by atoms with Crippen molar-refractivity contribution in [3.63, 3.8) is 0 Å². The fourth-order valence-electron chi connectivity index (χ4n) is 1.07. The Kier molecular flexibility index (Phi) is 4.20. The molecule has 0 heterocycles. The van der Waals surface area contributed by atoms with Gasteiger partial charge in [0.15, 0.2) is 5.78 Å². The quantitative estimate of drug-likeness (QED) is 0.786. The van der Waals surface area contributed by atoms with Crippen LogP contribution in [0.25, 0.3) is 0 Å². The molecule has 0 aliphatic rings. The van der Waals surface area contributed by atoms with E-state index < -0.39 is 6.61 Å². The minimum atomic E-state index is -2.87. The lowest BCUT2D eigenvalue weighted by Crippen LogP contribution is -2.03. The first-order valence-electron chi connectivity index (χ1n) is 4.32. The highest BCUT2D eigenvalue weighted by atomic mass is 79.9. The van der Waals surface area contributed by atoms with Gasteiger partial charge in [-0.15, -0.1) is 0 Å². The topological polar surface area (TPSA) is 26.3 Å². The number of ether oxygens (including phenoxy) is 1. The highest BCUT2D eigenvalue weighted by Gasteiger charge is 2.10. The Morgan fingerprint density at radius 3 is 2.67 bits per heavy atom. The molecule has 5 heteroatoms. The molecule has 2 nitrogen and oxygen atoms in total. The molecule has 0 N–H and O–H groups in total. The van der Waals surface area contributed by atoms with Gasteiger partial charge in [-0.3, -0.25) is 4.79 Å². The Morgan fingerprint density at radius 2 is 2.20 bits per heavy atom. The highest BCUT2D eigenvalue weighted by molar-refractivity contribution is 9.10. The van der Waals surface area contributed by atoms with Crippen LogP contribution in [0.2, 0.25) is 0 Å². The van der Waals surface area contributed by atoms with Gasteiger partial charge in [-0.05, 0) is 34.1 Å². The number of carbonyl (C=O) groups is 1. The van der Waals surface area contributed by atoms with Crippen LogP contribution in [-0.4, -0.2) is 12.4 Å². The largest absolute Gasteiger partial charge is 0.434 e. The van der Waals surface area contributed by atoms with Gasteiger partial charge < -0.3 is 4.74 Å². The first-order chi connectivity index (χ1) is 7.04.